The van der Waals surface area contributed by atoms with Crippen molar-refractivity contribution in [3.05, 3.63) is 193 Å². The van der Waals surface area contributed by atoms with Gasteiger partial charge in [-0.2, -0.15) is 0 Å². The Kier molecular flexibility index (Phi) is 7.42. The van der Waals surface area contributed by atoms with E-state index in [1.807, 2.05) is 17.4 Å². The van der Waals surface area contributed by atoms with Crippen LogP contribution in [0.15, 0.2) is 182 Å². The topological polar surface area (TPSA) is 25.8 Å². The summed E-state index contributed by atoms with van der Waals surface area (Å²) in [6.07, 6.45) is 0. The van der Waals surface area contributed by atoms with E-state index in [-0.39, 0.29) is 5.41 Å². The summed E-state index contributed by atoms with van der Waals surface area (Å²) in [5.74, 6) is 0.712. The van der Waals surface area contributed by atoms with Gasteiger partial charge in [0.05, 0.1) is 11.4 Å². The maximum absolute atomic E-state index is 5.34. The molecule has 1 aliphatic rings. The van der Waals surface area contributed by atoms with Gasteiger partial charge >= 0.3 is 0 Å². The molecule has 0 amide bonds. The lowest BCUT2D eigenvalue weighted by Crippen LogP contribution is -2.14. The third kappa shape index (κ3) is 5.23. The molecule has 0 unspecified atom stereocenters. The molecule has 56 heavy (non-hydrogen) atoms. The molecule has 3 heteroatoms. The highest BCUT2D eigenvalue weighted by Gasteiger charge is 2.35. The molecule has 2 nitrogen and oxygen atoms in total. The van der Waals surface area contributed by atoms with Crippen LogP contribution in [0, 0.1) is 0 Å². The molecular formula is C53H36N2S. The molecule has 0 radical (unpaired) electrons. The first kappa shape index (κ1) is 32.7. The van der Waals surface area contributed by atoms with E-state index in [9.17, 15) is 0 Å². The molecule has 2 heterocycles. The second-order valence-electron chi connectivity index (χ2n) is 15.4. The summed E-state index contributed by atoms with van der Waals surface area (Å²) in [6, 6.07) is 66.0. The van der Waals surface area contributed by atoms with Crippen molar-refractivity contribution in [1.82, 2.24) is 9.97 Å². The van der Waals surface area contributed by atoms with E-state index in [1.54, 1.807) is 0 Å². The average molecular weight is 733 g/mol. The Morgan fingerprint density at radius 1 is 0.375 bits per heavy atom. The van der Waals surface area contributed by atoms with Crippen molar-refractivity contribution < 1.29 is 0 Å². The van der Waals surface area contributed by atoms with Crippen LogP contribution in [-0.2, 0) is 5.41 Å². The fraction of sp³-hybridized carbons (Fsp3) is 0.0566. The van der Waals surface area contributed by atoms with E-state index in [4.69, 9.17) is 9.97 Å². The van der Waals surface area contributed by atoms with E-state index in [1.165, 1.54) is 64.3 Å². The first-order chi connectivity index (χ1) is 27.5. The smallest absolute Gasteiger partial charge is 0.160 e. The van der Waals surface area contributed by atoms with Gasteiger partial charge in [-0.05, 0) is 92.4 Å². The molecule has 0 spiro atoms. The zero-order valence-corrected chi connectivity index (χ0v) is 31.9. The van der Waals surface area contributed by atoms with Crippen molar-refractivity contribution in [2.75, 3.05) is 0 Å². The summed E-state index contributed by atoms with van der Waals surface area (Å²) in [6.45, 7) is 4.66. The first-order valence-electron chi connectivity index (χ1n) is 19.2. The number of hydrogen-bond donors (Lipinski definition) is 0. The minimum Gasteiger partial charge on any atom is -0.228 e. The number of thiophene rings is 1. The van der Waals surface area contributed by atoms with Gasteiger partial charge in [-0.15, -0.1) is 11.3 Å². The molecule has 264 valence electrons. The Morgan fingerprint density at radius 2 is 0.982 bits per heavy atom. The molecule has 8 aromatic carbocycles. The average Bonchev–Trinajstić information content (AvgIpc) is 3.75. The van der Waals surface area contributed by atoms with Crippen LogP contribution in [0.2, 0.25) is 0 Å². The predicted octanol–water partition coefficient (Wildman–Crippen LogP) is 14.6. The van der Waals surface area contributed by atoms with E-state index in [0.29, 0.717) is 5.82 Å². The number of benzene rings is 8. The zero-order valence-electron chi connectivity index (χ0n) is 31.1. The van der Waals surface area contributed by atoms with Gasteiger partial charge in [0, 0.05) is 47.7 Å². The monoisotopic (exact) mass is 732 g/mol. The number of fused-ring (bicyclic) bond motifs is 8. The maximum Gasteiger partial charge on any atom is 0.160 e. The van der Waals surface area contributed by atoms with Crippen molar-refractivity contribution in [1.29, 1.82) is 0 Å². The highest BCUT2D eigenvalue weighted by molar-refractivity contribution is 7.26. The molecule has 2 aromatic heterocycles. The molecule has 0 fully saturated rings. The lowest BCUT2D eigenvalue weighted by Gasteiger charge is -2.22. The van der Waals surface area contributed by atoms with Crippen LogP contribution in [0.5, 0.6) is 0 Å². The SMILES string of the molecule is CC1(C)c2ccccc2-c2ccc(-c3cc(-c4cc(-c5ccccc5)cc(-c5cc6c7ccccc7sc6c6ccccc56)c4)nc(-c4ccccc4)n3)cc21. The molecule has 11 rings (SSSR count). The summed E-state index contributed by atoms with van der Waals surface area (Å²) >= 11 is 1.88. The maximum atomic E-state index is 5.34. The minimum absolute atomic E-state index is 0.114. The number of hydrogen-bond acceptors (Lipinski definition) is 3. The van der Waals surface area contributed by atoms with Gasteiger partial charge < -0.3 is 0 Å². The second kappa shape index (κ2) is 12.7. The fourth-order valence-electron chi connectivity index (χ4n) is 8.84. The van der Waals surface area contributed by atoms with Crippen LogP contribution < -0.4 is 0 Å². The lowest BCUT2D eigenvalue weighted by atomic mass is 9.82. The highest BCUT2D eigenvalue weighted by atomic mass is 32.1. The minimum atomic E-state index is -0.114. The zero-order chi connectivity index (χ0) is 37.4. The number of rotatable bonds is 5. The summed E-state index contributed by atoms with van der Waals surface area (Å²) < 4.78 is 2.64. The summed E-state index contributed by atoms with van der Waals surface area (Å²) in [7, 11) is 0. The van der Waals surface area contributed by atoms with E-state index in [0.717, 1.165) is 39.2 Å². The number of nitrogens with zero attached hydrogens (tertiary/aromatic N) is 2. The third-order valence-electron chi connectivity index (χ3n) is 11.7. The molecule has 0 N–H and O–H groups in total. The predicted molar refractivity (Wildman–Crippen MR) is 237 cm³/mol. The van der Waals surface area contributed by atoms with Crippen molar-refractivity contribution in [3.8, 4) is 67.3 Å². The Hall–Kier alpha value is -6.68. The Bertz CT molecular complexity index is 3160. The van der Waals surface area contributed by atoms with Crippen LogP contribution in [0.3, 0.4) is 0 Å². The number of aromatic nitrogens is 2. The van der Waals surface area contributed by atoms with Gasteiger partial charge in [-0.3, -0.25) is 0 Å². The normalized spacial score (nSPS) is 13.0. The highest BCUT2D eigenvalue weighted by Crippen LogP contribution is 2.50. The van der Waals surface area contributed by atoms with Gasteiger partial charge in [0.1, 0.15) is 0 Å². The van der Waals surface area contributed by atoms with Crippen LogP contribution >= 0.6 is 11.3 Å². The molecule has 0 saturated heterocycles. The van der Waals surface area contributed by atoms with E-state index < -0.39 is 0 Å². The van der Waals surface area contributed by atoms with Crippen molar-refractivity contribution >= 4 is 42.3 Å². The third-order valence-corrected chi connectivity index (χ3v) is 12.9. The van der Waals surface area contributed by atoms with Crippen LogP contribution in [0.4, 0.5) is 0 Å². The second-order valence-corrected chi connectivity index (χ2v) is 16.4. The van der Waals surface area contributed by atoms with E-state index >= 15 is 0 Å². The lowest BCUT2D eigenvalue weighted by molar-refractivity contribution is 0.660. The summed E-state index contributed by atoms with van der Waals surface area (Å²) in [4.78, 5) is 10.6. The van der Waals surface area contributed by atoms with Gasteiger partial charge in [-0.25, -0.2) is 9.97 Å². The first-order valence-corrected chi connectivity index (χ1v) is 20.0. The van der Waals surface area contributed by atoms with Crippen molar-refractivity contribution in [2.24, 2.45) is 0 Å². The van der Waals surface area contributed by atoms with Crippen molar-refractivity contribution in [2.45, 2.75) is 19.3 Å². The van der Waals surface area contributed by atoms with Crippen LogP contribution in [-0.4, -0.2) is 9.97 Å². The standard InChI is InChI=1S/C53H36N2S/c1-53(2)46-23-13-11-20-40(46)41-26-25-35(30-47(41)53)48-32-49(55-52(54-48)34-17-7-4-8-18-34)38-28-36(33-15-5-3-6-16-33)27-37(29-38)44-31-45-42-21-12-14-24-50(42)56-51(45)43-22-10-9-19-39(43)44/h3-32H,1-2H3. The fourth-order valence-corrected chi connectivity index (χ4v) is 10.1. The molecular weight excluding hydrogens is 697 g/mol. The summed E-state index contributed by atoms with van der Waals surface area (Å²) in [5.41, 5.74) is 14.8. The molecule has 0 atom stereocenters. The van der Waals surface area contributed by atoms with Crippen molar-refractivity contribution in [3.63, 3.8) is 0 Å². The molecule has 10 aromatic rings. The van der Waals surface area contributed by atoms with Gasteiger partial charge in [-0.1, -0.05) is 153 Å². The summed E-state index contributed by atoms with van der Waals surface area (Å²) in [5, 5.41) is 5.12. The molecule has 0 aliphatic heterocycles. The quantitative estimate of drug-likeness (QED) is 0.176. The van der Waals surface area contributed by atoms with E-state index in [2.05, 4.69) is 190 Å². The van der Waals surface area contributed by atoms with Gasteiger partial charge in [0.25, 0.3) is 0 Å². The Balaban J connectivity index is 1.15. The molecule has 0 bridgehead atoms. The largest absolute Gasteiger partial charge is 0.228 e. The Labute approximate surface area is 330 Å². The molecule has 1 aliphatic carbocycles. The van der Waals surface area contributed by atoms with Crippen LogP contribution in [0.1, 0.15) is 25.0 Å². The Morgan fingerprint density at radius 3 is 1.79 bits per heavy atom. The molecule has 0 saturated carbocycles. The van der Waals surface area contributed by atoms with Crippen LogP contribution in [0.25, 0.3) is 98.2 Å². The van der Waals surface area contributed by atoms with Gasteiger partial charge in [0.2, 0.25) is 0 Å². The van der Waals surface area contributed by atoms with Gasteiger partial charge in [0.15, 0.2) is 5.82 Å².